The van der Waals surface area contributed by atoms with Crippen molar-refractivity contribution in [3.63, 3.8) is 0 Å². The van der Waals surface area contributed by atoms with E-state index in [1.165, 1.54) is 0 Å². The Morgan fingerprint density at radius 1 is 1.00 bits per heavy atom. The van der Waals surface area contributed by atoms with Gasteiger partial charge in [-0.25, -0.2) is 4.79 Å². The summed E-state index contributed by atoms with van der Waals surface area (Å²) >= 11 is 11.9. The van der Waals surface area contributed by atoms with Crippen LogP contribution < -0.4 is 5.32 Å². The first-order chi connectivity index (χ1) is 10.6. The highest BCUT2D eigenvalue weighted by Gasteiger charge is 2.13. The van der Waals surface area contributed by atoms with Crippen molar-refractivity contribution in [3.8, 4) is 0 Å². The molecular formula is C17H26Cl2N2O. The lowest BCUT2D eigenvalue weighted by Crippen LogP contribution is -2.36. The summed E-state index contributed by atoms with van der Waals surface area (Å²) in [5.41, 5.74) is 0.676. The molecule has 0 radical (unpaired) electrons. The molecule has 1 rings (SSSR count). The standard InChI is InChI=1S/C17H26Cl2N2O/c1-3-5-7-11-21(12-8-6-4-2)17(22)20-14-9-10-15(18)16(19)13-14/h9-10,13H,3-8,11-12H2,1-2H3,(H,20,22). The van der Waals surface area contributed by atoms with Crippen molar-refractivity contribution in [3.05, 3.63) is 28.2 Å². The third-order valence-corrected chi connectivity index (χ3v) is 4.26. The van der Waals surface area contributed by atoms with E-state index in [0.29, 0.717) is 15.7 Å². The highest BCUT2D eigenvalue weighted by Crippen LogP contribution is 2.25. The van der Waals surface area contributed by atoms with Crippen molar-refractivity contribution in [2.24, 2.45) is 0 Å². The van der Waals surface area contributed by atoms with E-state index in [2.05, 4.69) is 19.2 Å². The van der Waals surface area contributed by atoms with Crippen molar-refractivity contribution in [1.82, 2.24) is 4.90 Å². The van der Waals surface area contributed by atoms with E-state index >= 15 is 0 Å². The van der Waals surface area contributed by atoms with Crippen molar-refractivity contribution < 1.29 is 4.79 Å². The number of carbonyl (C=O) groups excluding carboxylic acids is 1. The monoisotopic (exact) mass is 344 g/mol. The van der Waals surface area contributed by atoms with E-state index < -0.39 is 0 Å². The normalized spacial score (nSPS) is 10.5. The van der Waals surface area contributed by atoms with Crippen LogP contribution >= 0.6 is 23.2 Å². The second-order valence-electron chi connectivity index (χ2n) is 5.46. The maximum Gasteiger partial charge on any atom is 0.321 e. The van der Waals surface area contributed by atoms with Gasteiger partial charge >= 0.3 is 6.03 Å². The smallest absolute Gasteiger partial charge is 0.321 e. The summed E-state index contributed by atoms with van der Waals surface area (Å²) in [7, 11) is 0. The molecule has 0 aromatic heterocycles. The number of halogens is 2. The molecular weight excluding hydrogens is 319 g/mol. The van der Waals surface area contributed by atoms with Crippen LogP contribution in [0.25, 0.3) is 0 Å². The summed E-state index contributed by atoms with van der Waals surface area (Å²) in [6.07, 6.45) is 6.66. The number of urea groups is 1. The van der Waals surface area contributed by atoms with E-state index in [-0.39, 0.29) is 6.03 Å². The molecule has 1 N–H and O–H groups in total. The number of carbonyl (C=O) groups is 1. The van der Waals surface area contributed by atoms with Crippen LogP contribution in [0.5, 0.6) is 0 Å². The zero-order chi connectivity index (χ0) is 16.4. The molecule has 0 bridgehead atoms. The van der Waals surface area contributed by atoms with Crippen molar-refractivity contribution in [2.75, 3.05) is 18.4 Å². The molecule has 0 spiro atoms. The molecule has 0 unspecified atom stereocenters. The van der Waals surface area contributed by atoms with E-state index in [1.54, 1.807) is 18.2 Å². The lowest BCUT2D eigenvalue weighted by Gasteiger charge is -2.23. The minimum Gasteiger partial charge on any atom is -0.325 e. The number of amides is 2. The number of nitrogens with one attached hydrogen (secondary N) is 1. The molecule has 22 heavy (non-hydrogen) atoms. The Morgan fingerprint density at radius 2 is 1.59 bits per heavy atom. The molecule has 0 heterocycles. The quantitative estimate of drug-likeness (QED) is 0.530. The van der Waals surface area contributed by atoms with Gasteiger partial charge in [0.2, 0.25) is 0 Å². The summed E-state index contributed by atoms with van der Waals surface area (Å²) < 4.78 is 0. The predicted octanol–water partition coefficient (Wildman–Crippen LogP) is 6.21. The van der Waals surface area contributed by atoms with E-state index in [1.807, 2.05) is 4.90 Å². The predicted molar refractivity (Wildman–Crippen MR) is 96.1 cm³/mol. The van der Waals surface area contributed by atoms with Gasteiger partial charge in [-0.05, 0) is 31.0 Å². The molecule has 0 aliphatic rings. The number of anilines is 1. The Bertz CT molecular complexity index is 456. The molecule has 2 amide bonds. The second kappa shape index (κ2) is 10.7. The molecule has 1 aromatic rings. The number of hydrogen-bond acceptors (Lipinski definition) is 1. The summed E-state index contributed by atoms with van der Waals surface area (Å²) in [5, 5.41) is 3.84. The van der Waals surface area contributed by atoms with Crippen LogP contribution in [0.4, 0.5) is 10.5 Å². The van der Waals surface area contributed by atoms with Crippen LogP contribution in [0.1, 0.15) is 52.4 Å². The summed E-state index contributed by atoms with van der Waals surface area (Å²) in [5.74, 6) is 0. The van der Waals surface area contributed by atoms with Crippen molar-refractivity contribution in [2.45, 2.75) is 52.4 Å². The molecule has 0 saturated heterocycles. The Hall–Kier alpha value is -0.930. The van der Waals surface area contributed by atoms with Gasteiger partial charge in [0.25, 0.3) is 0 Å². The van der Waals surface area contributed by atoms with Gasteiger partial charge in [-0.3, -0.25) is 0 Å². The lowest BCUT2D eigenvalue weighted by atomic mass is 10.2. The third-order valence-electron chi connectivity index (χ3n) is 3.52. The highest BCUT2D eigenvalue weighted by atomic mass is 35.5. The molecule has 5 heteroatoms. The maximum atomic E-state index is 12.4. The van der Waals surface area contributed by atoms with Gasteiger partial charge in [0, 0.05) is 18.8 Å². The number of nitrogens with zero attached hydrogens (tertiary/aromatic N) is 1. The Balaban J connectivity index is 2.61. The van der Waals surface area contributed by atoms with Gasteiger partial charge < -0.3 is 10.2 Å². The molecule has 3 nitrogen and oxygen atoms in total. The first-order valence-corrected chi connectivity index (χ1v) is 8.85. The Morgan fingerprint density at radius 3 is 2.09 bits per heavy atom. The molecule has 0 atom stereocenters. The number of unbranched alkanes of at least 4 members (excludes halogenated alkanes) is 4. The minimum absolute atomic E-state index is 0.0643. The fourth-order valence-electron chi connectivity index (χ4n) is 2.20. The maximum absolute atomic E-state index is 12.4. The van der Waals surface area contributed by atoms with E-state index in [4.69, 9.17) is 23.2 Å². The number of hydrogen-bond donors (Lipinski definition) is 1. The zero-order valence-corrected chi connectivity index (χ0v) is 15.0. The van der Waals surface area contributed by atoms with Crippen LogP contribution in [0.2, 0.25) is 10.0 Å². The fraction of sp³-hybridized carbons (Fsp3) is 0.588. The third kappa shape index (κ3) is 6.89. The molecule has 124 valence electrons. The van der Waals surface area contributed by atoms with E-state index in [9.17, 15) is 4.79 Å². The van der Waals surface area contributed by atoms with Gasteiger partial charge in [0.15, 0.2) is 0 Å². The zero-order valence-electron chi connectivity index (χ0n) is 13.5. The average molecular weight is 345 g/mol. The SMILES string of the molecule is CCCCCN(CCCCC)C(=O)Nc1ccc(Cl)c(Cl)c1. The molecule has 0 aliphatic heterocycles. The Kier molecular flexibility index (Phi) is 9.33. The summed E-state index contributed by atoms with van der Waals surface area (Å²) in [6.45, 7) is 5.92. The number of rotatable bonds is 9. The van der Waals surface area contributed by atoms with Gasteiger partial charge in [0.05, 0.1) is 10.0 Å². The van der Waals surface area contributed by atoms with Gasteiger partial charge in [0.1, 0.15) is 0 Å². The summed E-state index contributed by atoms with van der Waals surface area (Å²) in [4.78, 5) is 14.3. The lowest BCUT2D eigenvalue weighted by molar-refractivity contribution is 0.209. The van der Waals surface area contributed by atoms with E-state index in [0.717, 1.165) is 51.6 Å². The molecule has 0 aliphatic carbocycles. The van der Waals surface area contributed by atoms with Crippen molar-refractivity contribution >= 4 is 34.9 Å². The minimum atomic E-state index is -0.0643. The average Bonchev–Trinajstić information content (AvgIpc) is 2.49. The fourth-order valence-corrected chi connectivity index (χ4v) is 2.49. The van der Waals surface area contributed by atoms with Gasteiger partial charge in [-0.15, -0.1) is 0 Å². The van der Waals surface area contributed by atoms with Crippen LogP contribution in [-0.2, 0) is 0 Å². The summed E-state index contributed by atoms with van der Waals surface area (Å²) in [6, 6.07) is 5.07. The molecule has 0 fully saturated rings. The van der Waals surface area contributed by atoms with Crippen molar-refractivity contribution in [1.29, 1.82) is 0 Å². The molecule has 1 aromatic carbocycles. The van der Waals surface area contributed by atoms with Crippen LogP contribution in [0.15, 0.2) is 18.2 Å². The first-order valence-electron chi connectivity index (χ1n) is 8.09. The van der Waals surface area contributed by atoms with Crippen LogP contribution in [0.3, 0.4) is 0 Å². The first kappa shape index (κ1) is 19.1. The molecule has 0 saturated carbocycles. The highest BCUT2D eigenvalue weighted by molar-refractivity contribution is 6.42. The van der Waals surface area contributed by atoms with Gasteiger partial charge in [-0.2, -0.15) is 0 Å². The Labute approximate surface area is 144 Å². The van der Waals surface area contributed by atoms with Crippen LogP contribution in [0, 0.1) is 0 Å². The largest absolute Gasteiger partial charge is 0.325 e. The second-order valence-corrected chi connectivity index (χ2v) is 6.27. The van der Waals surface area contributed by atoms with Gasteiger partial charge in [-0.1, -0.05) is 62.7 Å². The van der Waals surface area contributed by atoms with Crippen LogP contribution in [-0.4, -0.2) is 24.0 Å². The topological polar surface area (TPSA) is 32.3 Å². The number of benzene rings is 1.